The third kappa shape index (κ3) is 3.63. The normalized spacial score (nSPS) is 16.7. The molecule has 1 amide bonds. The minimum absolute atomic E-state index is 0.00366. The van der Waals surface area contributed by atoms with Gasteiger partial charge >= 0.3 is 0 Å². The molecule has 2 aromatic carbocycles. The van der Waals surface area contributed by atoms with Crippen molar-refractivity contribution in [1.29, 1.82) is 0 Å². The van der Waals surface area contributed by atoms with Crippen LogP contribution < -0.4 is 4.74 Å². The molecule has 1 atom stereocenters. The first kappa shape index (κ1) is 17.0. The number of carbonyl (C=O) groups excluding carboxylic acids is 1. The number of likely N-dealkylation sites (tertiary alicyclic amines) is 1. The molecular weight excluding hydrogens is 320 g/mol. The Kier molecular flexibility index (Phi) is 4.97. The zero-order valence-corrected chi connectivity index (χ0v) is 14.1. The van der Waals surface area contributed by atoms with Crippen molar-refractivity contribution in [3.63, 3.8) is 0 Å². The quantitative estimate of drug-likeness (QED) is 0.617. The van der Waals surface area contributed by atoms with Crippen LogP contribution in [0.15, 0.2) is 48.5 Å². The average molecular weight is 340 g/mol. The molecule has 1 aliphatic heterocycles. The number of nitro groups is 1. The summed E-state index contributed by atoms with van der Waals surface area (Å²) in [4.78, 5) is 25.3. The van der Waals surface area contributed by atoms with Gasteiger partial charge in [0, 0.05) is 18.2 Å². The van der Waals surface area contributed by atoms with Gasteiger partial charge in [-0.1, -0.05) is 30.3 Å². The van der Waals surface area contributed by atoms with Crippen molar-refractivity contribution in [3.8, 4) is 5.75 Å². The fourth-order valence-electron chi connectivity index (χ4n) is 3.34. The van der Waals surface area contributed by atoms with Crippen LogP contribution in [0.4, 0.5) is 5.69 Å². The van der Waals surface area contributed by atoms with E-state index >= 15 is 0 Å². The molecule has 6 nitrogen and oxygen atoms in total. The van der Waals surface area contributed by atoms with Crippen molar-refractivity contribution in [2.45, 2.75) is 25.3 Å². The predicted molar refractivity (Wildman–Crippen MR) is 93.5 cm³/mol. The summed E-state index contributed by atoms with van der Waals surface area (Å²) in [5.41, 5.74) is 1.52. The number of hydrogen-bond donors (Lipinski definition) is 0. The molecule has 0 saturated carbocycles. The third-order valence-corrected chi connectivity index (χ3v) is 4.60. The molecule has 1 heterocycles. The zero-order valence-electron chi connectivity index (χ0n) is 14.1. The maximum absolute atomic E-state index is 12.8. The Balaban J connectivity index is 1.78. The molecule has 1 aliphatic rings. The number of methoxy groups -OCH3 is 1. The summed E-state index contributed by atoms with van der Waals surface area (Å²) >= 11 is 0. The fraction of sp³-hybridized carbons (Fsp3) is 0.316. The Hall–Kier alpha value is -2.89. The van der Waals surface area contributed by atoms with Crippen molar-refractivity contribution < 1.29 is 14.5 Å². The number of rotatable bonds is 5. The Bertz CT molecular complexity index is 773. The largest absolute Gasteiger partial charge is 0.497 e. The predicted octanol–water partition coefficient (Wildman–Crippen LogP) is 3.51. The van der Waals surface area contributed by atoms with Crippen LogP contribution in [0, 0.1) is 10.1 Å². The highest BCUT2D eigenvalue weighted by Crippen LogP contribution is 2.33. The Morgan fingerprint density at radius 3 is 2.64 bits per heavy atom. The van der Waals surface area contributed by atoms with Crippen LogP contribution in [0.1, 0.15) is 30.0 Å². The number of benzene rings is 2. The Morgan fingerprint density at radius 2 is 1.96 bits per heavy atom. The van der Waals surface area contributed by atoms with Gasteiger partial charge in [-0.05, 0) is 30.5 Å². The van der Waals surface area contributed by atoms with Gasteiger partial charge in [-0.3, -0.25) is 14.9 Å². The average Bonchev–Trinajstić information content (AvgIpc) is 3.12. The monoisotopic (exact) mass is 340 g/mol. The second kappa shape index (κ2) is 7.34. The molecule has 1 fully saturated rings. The number of amides is 1. The molecular formula is C19H20N2O4. The number of para-hydroxylation sites is 1. The highest BCUT2D eigenvalue weighted by molar-refractivity contribution is 5.80. The topological polar surface area (TPSA) is 72.7 Å². The van der Waals surface area contributed by atoms with E-state index in [9.17, 15) is 14.9 Å². The first-order valence-corrected chi connectivity index (χ1v) is 8.26. The molecule has 130 valence electrons. The van der Waals surface area contributed by atoms with Gasteiger partial charge in [0.05, 0.1) is 24.5 Å². The summed E-state index contributed by atoms with van der Waals surface area (Å²) in [6, 6.07) is 14.2. The number of nitro benzene ring substituents is 1. The van der Waals surface area contributed by atoms with Gasteiger partial charge < -0.3 is 9.64 Å². The first-order chi connectivity index (χ1) is 12.1. The number of hydrogen-bond acceptors (Lipinski definition) is 4. The maximum Gasteiger partial charge on any atom is 0.273 e. The minimum atomic E-state index is -0.437. The number of carbonyl (C=O) groups is 1. The molecule has 1 saturated heterocycles. The summed E-state index contributed by atoms with van der Waals surface area (Å²) < 4.78 is 5.18. The molecule has 6 heteroatoms. The van der Waals surface area contributed by atoms with Gasteiger partial charge in [0.2, 0.25) is 5.91 Å². The highest BCUT2D eigenvalue weighted by Gasteiger charge is 2.30. The van der Waals surface area contributed by atoms with Crippen molar-refractivity contribution in [2.24, 2.45) is 0 Å². The lowest BCUT2D eigenvalue weighted by Gasteiger charge is -2.25. The highest BCUT2D eigenvalue weighted by atomic mass is 16.6. The third-order valence-electron chi connectivity index (χ3n) is 4.60. The van der Waals surface area contributed by atoms with Gasteiger partial charge in [0.25, 0.3) is 5.69 Å². The SMILES string of the molecule is COc1ccc(C2CCCN2C(=O)Cc2ccccc2[N+](=O)[O-])cc1. The first-order valence-electron chi connectivity index (χ1n) is 8.26. The Labute approximate surface area is 146 Å². The van der Waals surface area contributed by atoms with Crippen LogP contribution in [0.3, 0.4) is 0 Å². The lowest BCUT2D eigenvalue weighted by Crippen LogP contribution is -2.32. The molecule has 25 heavy (non-hydrogen) atoms. The fourth-order valence-corrected chi connectivity index (χ4v) is 3.34. The molecule has 0 aliphatic carbocycles. The zero-order chi connectivity index (χ0) is 17.8. The summed E-state index contributed by atoms with van der Waals surface area (Å²) in [6.07, 6.45) is 1.87. The van der Waals surface area contributed by atoms with Gasteiger partial charge in [0.1, 0.15) is 5.75 Å². The van der Waals surface area contributed by atoms with Crippen LogP contribution in [-0.2, 0) is 11.2 Å². The van der Waals surface area contributed by atoms with Crippen molar-refractivity contribution in [1.82, 2.24) is 4.90 Å². The lowest BCUT2D eigenvalue weighted by atomic mass is 10.0. The van der Waals surface area contributed by atoms with Crippen molar-refractivity contribution in [2.75, 3.05) is 13.7 Å². The standard InChI is InChI=1S/C19H20N2O4/c1-25-16-10-8-14(9-11-16)17-7-4-12-20(17)19(22)13-15-5-2-3-6-18(15)21(23)24/h2-3,5-6,8-11,17H,4,7,12-13H2,1H3. The molecule has 0 radical (unpaired) electrons. The van der Waals surface area contributed by atoms with E-state index in [1.54, 1.807) is 25.3 Å². The molecule has 1 unspecified atom stereocenters. The van der Waals surface area contributed by atoms with E-state index in [1.165, 1.54) is 6.07 Å². The minimum Gasteiger partial charge on any atom is -0.497 e. The van der Waals surface area contributed by atoms with E-state index < -0.39 is 4.92 Å². The van der Waals surface area contributed by atoms with Crippen LogP contribution in [0.25, 0.3) is 0 Å². The second-order valence-electron chi connectivity index (χ2n) is 6.08. The van der Waals surface area contributed by atoms with Crippen LogP contribution in [-0.4, -0.2) is 29.4 Å². The number of ether oxygens (including phenoxy) is 1. The van der Waals surface area contributed by atoms with E-state index in [4.69, 9.17) is 4.74 Å². The van der Waals surface area contributed by atoms with Gasteiger partial charge in [-0.15, -0.1) is 0 Å². The van der Waals surface area contributed by atoms with E-state index in [0.29, 0.717) is 12.1 Å². The smallest absolute Gasteiger partial charge is 0.273 e. The van der Waals surface area contributed by atoms with Crippen LogP contribution in [0.5, 0.6) is 5.75 Å². The van der Waals surface area contributed by atoms with E-state index in [-0.39, 0.29) is 24.1 Å². The van der Waals surface area contributed by atoms with E-state index in [2.05, 4.69) is 0 Å². The molecule has 0 spiro atoms. The second-order valence-corrected chi connectivity index (χ2v) is 6.08. The molecule has 0 N–H and O–H groups in total. The van der Waals surface area contributed by atoms with Crippen LogP contribution in [0.2, 0.25) is 0 Å². The molecule has 2 aromatic rings. The van der Waals surface area contributed by atoms with Gasteiger partial charge in [-0.2, -0.15) is 0 Å². The Morgan fingerprint density at radius 1 is 1.24 bits per heavy atom. The molecule has 3 rings (SSSR count). The van der Waals surface area contributed by atoms with Gasteiger partial charge in [0.15, 0.2) is 0 Å². The van der Waals surface area contributed by atoms with Crippen LogP contribution >= 0.6 is 0 Å². The number of nitrogens with zero attached hydrogens (tertiary/aromatic N) is 2. The summed E-state index contributed by atoms with van der Waals surface area (Å²) in [6.45, 7) is 0.677. The molecule has 0 aromatic heterocycles. The summed E-state index contributed by atoms with van der Waals surface area (Å²) in [5.74, 6) is 0.701. The molecule has 0 bridgehead atoms. The van der Waals surface area contributed by atoms with Crippen molar-refractivity contribution >= 4 is 11.6 Å². The van der Waals surface area contributed by atoms with Gasteiger partial charge in [-0.25, -0.2) is 0 Å². The summed E-state index contributed by atoms with van der Waals surface area (Å²) in [7, 11) is 1.62. The lowest BCUT2D eigenvalue weighted by molar-refractivity contribution is -0.385. The summed E-state index contributed by atoms with van der Waals surface area (Å²) in [5, 5.41) is 11.1. The maximum atomic E-state index is 12.8. The van der Waals surface area contributed by atoms with E-state index in [1.807, 2.05) is 29.2 Å². The van der Waals surface area contributed by atoms with Crippen molar-refractivity contribution in [3.05, 3.63) is 69.8 Å². The van der Waals surface area contributed by atoms with E-state index in [0.717, 1.165) is 24.2 Å².